The molecule has 102 valence electrons. The van der Waals surface area contributed by atoms with Crippen LogP contribution in [-0.2, 0) is 9.59 Å². The first-order valence-corrected chi connectivity index (χ1v) is 6.64. The minimum atomic E-state index is 0.141. The molecule has 1 unspecified atom stereocenters. The van der Waals surface area contributed by atoms with Gasteiger partial charge in [-0.3, -0.25) is 9.69 Å². The average Bonchev–Trinajstić information content (AvgIpc) is 2.39. The van der Waals surface area contributed by atoms with Crippen LogP contribution in [0, 0.1) is 0 Å². The number of likely N-dealkylation sites (N-methyl/N-ethyl adjacent to an activating group) is 1. The number of nitrogens with zero attached hydrogens (tertiary/aromatic N) is 2. The Bertz CT molecular complexity index is 456. The third-order valence-electron chi connectivity index (χ3n) is 3.64. The highest BCUT2D eigenvalue weighted by molar-refractivity contribution is 5.95. The van der Waals surface area contributed by atoms with E-state index in [2.05, 4.69) is 0 Å². The summed E-state index contributed by atoms with van der Waals surface area (Å²) < 4.78 is 0. The molecule has 1 aliphatic heterocycles. The van der Waals surface area contributed by atoms with Crippen LogP contribution in [0.15, 0.2) is 24.3 Å². The van der Waals surface area contributed by atoms with Crippen molar-refractivity contribution in [1.82, 2.24) is 4.90 Å². The fourth-order valence-electron chi connectivity index (χ4n) is 2.33. The summed E-state index contributed by atoms with van der Waals surface area (Å²) in [4.78, 5) is 26.3. The molecule has 0 bridgehead atoms. The van der Waals surface area contributed by atoms with Gasteiger partial charge < -0.3 is 9.69 Å². The SMILES string of the molecule is CC(CC=O)c1ccc(N2CCN(C)CC2=O)cc1. The van der Waals surface area contributed by atoms with Gasteiger partial charge in [0.2, 0.25) is 5.91 Å². The Kier molecular flexibility index (Phi) is 4.32. The van der Waals surface area contributed by atoms with E-state index in [9.17, 15) is 9.59 Å². The molecule has 0 spiro atoms. The van der Waals surface area contributed by atoms with Crippen LogP contribution >= 0.6 is 0 Å². The van der Waals surface area contributed by atoms with Crippen LogP contribution in [0.4, 0.5) is 5.69 Å². The number of benzene rings is 1. The molecule has 1 saturated heterocycles. The van der Waals surface area contributed by atoms with Gasteiger partial charge in [-0.05, 0) is 30.7 Å². The molecule has 2 rings (SSSR count). The predicted molar refractivity (Wildman–Crippen MR) is 75.4 cm³/mol. The van der Waals surface area contributed by atoms with E-state index in [0.29, 0.717) is 13.0 Å². The molecule has 0 aromatic heterocycles. The molecule has 1 atom stereocenters. The lowest BCUT2D eigenvalue weighted by atomic mass is 9.98. The van der Waals surface area contributed by atoms with Crippen molar-refractivity contribution in [2.75, 3.05) is 31.6 Å². The van der Waals surface area contributed by atoms with Gasteiger partial charge in [-0.1, -0.05) is 19.1 Å². The third-order valence-corrected chi connectivity index (χ3v) is 3.64. The van der Waals surface area contributed by atoms with Crippen LogP contribution in [0.3, 0.4) is 0 Å². The first-order valence-electron chi connectivity index (χ1n) is 6.64. The summed E-state index contributed by atoms with van der Waals surface area (Å²) in [6.45, 7) is 4.14. The summed E-state index contributed by atoms with van der Waals surface area (Å²) in [5, 5.41) is 0. The second kappa shape index (κ2) is 5.97. The molecule has 19 heavy (non-hydrogen) atoms. The van der Waals surface area contributed by atoms with E-state index in [4.69, 9.17) is 0 Å². The van der Waals surface area contributed by atoms with Crippen molar-refractivity contribution in [3.8, 4) is 0 Å². The van der Waals surface area contributed by atoms with Gasteiger partial charge in [0.1, 0.15) is 6.29 Å². The summed E-state index contributed by atoms with van der Waals surface area (Å²) >= 11 is 0. The number of piperazine rings is 1. The molecule has 0 saturated carbocycles. The molecule has 1 amide bonds. The Morgan fingerprint density at radius 1 is 1.26 bits per heavy atom. The largest absolute Gasteiger partial charge is 0.310 e. The van der Waals surface area contributed by atoms with Crippen LogP contribution in [0.5, 0.6) is 0 Å². The van der Waals surface area contributed by atoms with Gasteiger partial charge in [-0.2, -0.15) is 0 Å². The van der Waals surface area contributed by atoms with Gasteiger partial charge in [0.15, 0.2) is 0 Å². The zero-order valence-corrected chi connectivity index (χ0v) is 11.5. The van der Waals surface area contributed by atoms with Gasteiger partial charge in [0.05, 0.1) is 6.54 Å². The number of hydrogen-bond donors (Lipinski definition) is 0. The number of rotatable bonds is 4. The molecule has 1 aromatic carbocycles. The molecule has 1 heterocycles. The quantitative estimate of drug-likeness (QED) is 0.773. The summed E-state index contributed by atoms with van der Waals surface area (Å²) in [5.74, 6) is 0.372. The van der Waals surface area contributed by atoms with Gasteiger partial charge in [0, 0.05) is 25.2 Å². The Morgan fingerprint density at radius 3 is 2.53 bits per heavy atom. The molecule has 0 radical (unpaired) electrons. The van der Waals surface area contributed by atoms with Crippen molar-refractivity contribution in [3.05, 3.63) is 29.8 Å². The van der Waals surface area contributed by atoms with Gasteiger partial charge in [-0.15, -0.1) is 0 Å². The van der Waals surface area contributed by atoms with Gasteiger partial charge in [-0.25, -0.2) is 0 Å². The number of anilines is 1. The Morgan fingerprint density at radius 2 is 1.95 bits per heavy atom. The summed E-state index contributed by atoms with van der Waals surface area (Å²) in [6, 6.07) is 7.96. The van der Waals surface area contributed by atoms with Crippen LogP contribution < -0.4 is 4.90 Å². The number of carbonyl (C=O) groups is 2. The van der Waals surface area contributed by atoms with Crippen LogP contribution in [0.25, 0.3) is 0 Å². The standard InChI is InChI=1S/C15H20N2O2/c1-12(7-10-18)13-3-5-14(6-4-13)17-9-8-16(2)11-15(17)19/h3-6,10,12H,7-9,11H2,1-2H3. The lowest BCUT2D eigenvalue weighted by Crippen LogP contribution is -2.48. The van der Waals surface area contributed by atoms with Crippen LogP contribution in [0.2, 0.25) is 0 Å². The molecular weight excluding hydrogens is 240 g/mol. The number of amides is 1. The highest BCUT2D eigenvalue weighted by atomic mass is 16.2. The second-order valence-corrected chi connectivity index (χ2v) is 5.18. The Balaban J connectivity index is 2.10. The third kappa shape index (κ3) is 3.20. The fraction of sp³-hybridized carbons (Fsp3) is 0.467. The second-order valence-electron chi connectivity index (χ2n) is 5.18. The minimum Gasteiger partial charge on any atom is -0.310 e. The number of aldehydes is 1. The highest BCUT2D eigenvalue weighted by Crippen LogP contribution is 2.23. The topological polar surface area (TPSA) is 40.6 Å². The maximum Gasteiger partial charge on any atom is 0.241 e. The van der Waals surface area contributed by atoms with Crippen molar-refractivity contribution < 1.29 is 9.59 Å². The van der Waals surface area contributed by atoms with E-state index >= 15 is 0 Å². The molecule has 0 N–H and O–H groups in total. The van der Waals surface area contributed by atoms with Crippen molar-refractivity contribution in [2.45, 2.75) is 19.3 Å². The van der Waals surface area contributed by atoms with Gasteiger partial charge in [0.25, 0.3) is 0 Å². The van der Waals surface area contributed by atoms with Crippen molar-refractivity contribution in [2.24, 2.45) is 0 Å². The molecule has 4 nitrogen and oxygen atoms in total. The molecule has 1 aromatic rings. The van der Waals surface area contributed by atoms with Gasteiger partial charge >= 0.3 is 0 Å². The lowest BCUT2D eigenvalue weighted by Gasteiger charge is -2.32. The normalized spacial score (nSPS) is 18.4. The monoisotopic (exact) mass is 260 g/mol. The summed E-state index contributed by atoms with van der Waals surface area (Å²) in [7, 11) is 1.96. The van der Waals surface area contributed by atoms with E-state index in [1.807, 2.05) is 48.0 Å². The molecule has 4 heteroatoms. The Labute approximate surface area is 114 Å². The van der Waals surface area contributed by atoms with E-state index in [1.165, 1.54) is 0 Å². The lowest BCUT2D eigenvalue weighted by molar-refractivity contribution is -0.120. The van der Waals surface area contributed by atoms with E-state index in [1.54, 1.807) is 0 Å². The Hall–Kier alpha value is -1.68. The highest BCUT2D eigenvalue weighted by Gasteiger charge is 2.22. The zero-order chi connectivity index (χ0) is 13.8. The van der Waals surface area contributed by atoms with Crippen LogP contribution in [-0.4, -0.2) is 43.8 Å². The molecule has 0 aliphatic carbocycles. The first-order chi connectivity index (χ1) is 9.11. The molecular formula is C15H20N2O2. The first kappa shape index (κ1) is 13.7. The van der Waals surface area contributed by atoms with Crippen molar-refractivity contribution >= 4 is 17.9 Å². The molecule has 1 aliphatic rings. The van der Waals surface area contributed by atoms with Crippen LogP contribution in [0.1, 0.15) is 24.8 Å². The van der Waals surface area contributed by atoms with Crippen molar-refractivity contribution in [3.63, 3.8) is 0 Å². The summed E-state index contributed by atoms with van der Waals surface area (Å²) in [6.07, 6.45) is 1.48. The van der Waals surface area contributed by atoms with E-state index < -0.39 is 0 Å². The average molecular weight is 260 g/mol. The fourth-order valence-corrected chi connectivity index (χ4v) is 2.33. The number of carbonyl (C=O) groups excluding carboxylic acids is 2. The smallest absolute Gasteiger partial charge is 0.241 e. The summed E-state index contributed by atoms with van der Waals surface area (Å²) in [5.41, 5.74) is 2.08. The maximum absolute atomic E-state index is 12.0. The predicted octanol–water partition coefficient (Wildman–Crippen LogP) is 1.66. The van der Waals surface area contributed by atoms with E-state index in [-0.39, 0.29) is 11.8 Å². The number of hydrogen-bond acceptors (Lipinski definition) is 3. The maximum atomic E-state index is 12.0. The van der Waals surface area contributed by atoms with E-state index in [0.717, 1.165) is 30.6 Å². The zero-order valence-electron chi connectivity index (χ0n) is 11.5. The van der Waals surface area contributed by atoms with Crippen molar-refractivity contribution in [1.29, 1.82) is 0 Å². The minimum absolute atomic E-state index is 0.141. The molecule has 1 fully saturated rings.